The molecule has 0 spiro atoms. The number of carbonyl (C=O) groups is 1. The summed E-state index contributed by atoms with van der Waals surface area (Å²) >= 11 is 0. The topological polar surface area (TPSA) is 79.0 Å². The lowest BCUT2D eigenvalue weighted by atomic mass is 10.1. The van der Waals surface area contributed by atoms with E-state index in [0.29, 0.717) is 18.8 Å². The van der Waals surface area contributed by atoms with Crippen LogP contribution >= 0.6 is 12.4 Å². The summed E-state index contributed by atoms with van der Waals surface area (Å²) < 4.78 is 5.30. The number of nitrogens with one attached hydrogen (secondary N) is 3. The Morgan fingerprint density at radius 3 is 3.04 bits per heavy atom. The minimum atomic E-state index is -0.152. The molecule has 3 rings (SSSR count). The molecule has 0 bridgehead atoms. The van der Waals surface area contributed by atoms with E-state index in [9.17, 15) is 4.79 Å². The van der Waals surface area contributed by atoms with E-state index >= 15 is 0 Å². The number of methoxy groups -OCH3 is 1. The smallest absolute Gasteiger partial charge is 0.272 e. The molecule has 1 aliphatic heterocycles. The van der Waals surface area contributed by atoms with E-state index in [0.717, 1.165) is 41.1 Å². The molecule has 2 aromatic rings. The van der Waals surface area contributed by atoms with Gasteiger partial charge in [0.2, 0.25) is 0 Å². The molecule has 1 amide bonds. The molecule has 2 heterocycles. The van der Waals surface area contributed by atoms with Crippen LogP contribution in [0.4, 0.5) is 0 Å². The zero-order chi connectivity index (χ0) is 15.5. The number of aromatic nitrogens is 2. The average Bonchev–Trinajstić information content (AvgIpc) is 2.98. The number of nitrogens with zero attached hydrogens (tertiary/aromatic N) is 1. The van der Waals surface area contributed by atoms with Crippen LogP contribution in [-0.4, -0.2) is 29.8 Å². The number of halogens is 1. The number of carbonyl (C=O) groups excluding carboxylic acids is 1. The van der Waals surface area contributed by atoms with Gasteiger partial charge in [-0.3, -0.25) is 9.89 Å². The first-order chi connectivity index (χ1) is 10.7. The Bertz CT molecular complexity index is 699. The maximum Gasteiger partial charge on any atom is 0.272 e. The Kier molecular flexibility index (Phi) is 5.63. The molecule has 1 aromatic heterocycles. The molecule has 0 fully saturated rings. The van der Waals surface area contributed by atoms with E-state index < -0.39 is 0 Å². The summed E-state index contributed by atoms with van der Waals surface area (Å²) in [7, 11) is 1.65. The standard InChI is InChI=1S/C16H20N4O2.ClH/c1-10-3-4-11(7-14(10)22-2)8-18-16(21)15-12-9-17-6-5-13(12)19-20-15;/h3-4,7,17H,5-6,8-9H2,1-2H3,(H,18,21)(H,19,20);1H. The second-order valence-corrected chi connectivity index (χ2v) is 5.44. The third kappa shape index (κ3) is 3.65. The summed E-state index contributed by atoms with van der Waals surface area (Å²) in [6.45, 7) is 4.04. The normalized spacial score (nSPS) is 13.0. The summed E-state index contributed by atoms with van der Waals surface area (Å²) in [5, 5.41) is 13.3. The number of benzene rings is 1. The fourth-order valence-corrected chi connectivity index (χ4v) is 2.65. The third-order valence-corrected chi connectivity index (χ3v) is 3.95. The van der Waals surface area contributed by atoms with Gasteiger partial charge in [-0.05, 0) is 24.1 Å². The second-order valence-electron chi connectivity index (χ2n) is 5.44. The molecular weight excluding hydrogens is 316 g/mol. The lowest BCUT2D eigenvalue weighted by molar-refractivity contribution is 0.0944. The molecule has 0 radical (unpaired) electrons. The van der Waals surface area contributed by atoms with Crippen LogP contribution in [0, 0.1) is 6.92 Å². The van der Waals surface area contributed by atoms with Crippen molar-refractivity contribution in [3.05, 3.63) is 46.3 Å². The zero-order valence-corrected chi connectivity index (χ0v) is 14.0. The lowest BCUT2D eigenvalue weighted by Crippen LogP contribution is -2.28. The molecule has 0 saturated heterocycles. The zero-order valence-electron chi connectivity index (χ0n) is 13.2. The predicted octanol–water partition coefficient (Wildman–Crippen LogP) is 1.72. The number of hydrogen-bond acceptors (Lipinski definition) is 4. The van der Waals surface area contributed by atoms with Crippen molar-refractivity contribution in [2.75, 3.05) is 13.7 Å². The van der Waals surface area contributed by atoms with Crippen molar-refractivity contribution in [2.45, 2.75) is 26.4 Å². The van der Waals surface area contributed by atoms with Crippen molar-refractivity contribution < 1.29 is 9.53 Å². The quantitative estimate of drug-likeness (QED) is 0.794. The van der Waals surface area contributed by atoms with Crippen molar-refractivity contribution in [1.29, 1.82) is 0 Å². The van der Waals surface area contributed by atoms with Crippen molar-refractivity contribution >= 4 is 18.3 Å². The number of fused-ring (bicyclic) bond motifs is 1. The van der Waals surface area contributed by atoms with E-state index in [1.54, 1.807) is 7.11 Å². The monoisotopic (exact) mass is 336 g/mol. The summed E-state index contributed by atoms with van der Waals surface area (Å²) in [6, 6.07) is 5.91. The highest BCUT2D eigenvalue weighted by atomic mass is 35.5. The first-order valence-corrected chi connectivity index (χ1v) is 7.37. The molecule has 124 valence electrons. The number of ether oxygens (including phenoxy) is 1. The van der Waals surface area contributed by atoms with Crippen LogP contribution in [0.25, 0.3) is 0 Å². The van der Waals surface area contributed by atoms with Crippen LogP contribution in [0.15, 0.2) is 18.2 Å². The van der Waals surface area contributed by atoms with Crippen LogP contribution in [0.1, 0.15) is 32.9 Å². The maximum absolute atomic E-state index is 12.3. The van der Waals surface area contributed by atoms with Gasteiger partial charge in [0.1, 0.15) is 5.75 Å². The Morgan fingerprint density at radius 1 is 1.43 bits per heavy atom. The van der Waals surface area contributed by atoms with Gasteiger partial charge in [0.25, 0.3) is 5.91 Å². The second kappa shape index (κ2) is 7.48. The molecule has 1 aliphatic rings. The summed E-state index contributed by atoms with van der Waals surface area (Å²) in [5.74, 6) is 0.675. The van der Waals surface area contributed by atoms with E-state index in [1.165, 1.54) is 0 Å². The van der Waals surface area contributed by atoms with Crippen LogP contribution in [0.5, 0.6) is 5.75 Å². The van der Waals surface area contributed by atoms with Crippen molar-refractivity contribution in [3.63, 3.8) is 0 Å². The predicted molar refractivity (Wildman–Crippen MR) is 90.1 cm³/mol. The Balaban J connectivity index is 0.00000192. The van der Waals surface area contributed by atoms with Gasteiger partial charge in [-0.25, -0.2) is 0 Å². The number of aryl methyl sites for hydroxylation is 1. The SMILES string of the molecule is COc1cc(CNC(=O)c2n[nH]c3c2CNCC3)ccc1C.Cl. The molecule has 3 N–H and O–H groups in total. The molecule has 23 heavy (non-hydrogen) atoms. The van der Waals surface area contributed by atoms with Gasteiger partial charge in [-0.1, -0.05) is 12.1 Å². The molecule has 0 atom stereocenters. The third-order valence-electron chi connectivity index (χ3n) is 3.95. The molecule has 0 unspecified atom stereocenters. The van der Waals surface area contributed by atoms with Gasteiger partial charge in [-0.15, -0.1) is 12.4 Å². The van der Waals surface area contributed by atoms with Crippen LogP contribution in [0.3, 0.4) is 0 Å². The minimum Gasteiger partial charge on any atom is -0.496 e. The molecule has 1 aromatic carbocycles. The fourth-order valence-electron chi connectivity index (χ4n) is 2.65. The van der Waals surface area contributed by atoms with Gasteiger partial charge in [-0.2, -0.15) is 5.10 Å². The van der Waals surface area contributed by atoms with E-state index in [1.807, 2.05) is 25.1 Å². The maximum atomic E-state index is 12.3. The van der Waals surface area contributed by atoms with Gasteiger partial charge in [0, 0.05) is 37.3 Å². The van der Waals surface area contributed by atoms with Crippen molar-refractivity contribution in [1.82, 2.24) is 20.8 Å². The molecule has 0 saturated carbocycles. The van der Waals surface area contributed by atoms with E-state index in [4.69, 9.17) is 4.74 Å². The Labute approximate surface area is 141 Å². The Hall–Kier alpha value is -2.05. The number of amides is 1. The van der Waals surface area contributed by atoms with E-state index in [-0.39, 0.29) is 18.3 Å². The molecule has 7 heteroatoms. The van der Waals surface area contributed by atoms with Gasteiger partial charge in [0.05, 0.1) is 7.11 Å². The fraction of sp³-hybridized carbons (Fsp3) is 0.375. The van der Waals surface area contributed by atoms with Crippen LogP contribution in [-0.2, 0) is 19.5 Å². The molecular formula is C16H21ClN4O2. The molecule has 0 aliphatic carbocycles. The molecule has 6 nitrogen and oxygen atoms in total. The number of H-pyrrole nitrogens is 1. The lowest BCUT2D eigenvalue weighted by Gasteiger charge is -2.13. The van der Waals surface area contributed by atoms with Crippen molar-refractivity contribution in [2.24, 2.45) is 0 Å². The van der Waals surface area contributed by atoms with Gasteiger partial charge >= 0.3 is 0 Å². The van der Waals surface area contributed by atoms with E-state index in [2.05, 4.69) is 20.8 Å². The number of aromatic amines is 1. The highest BCUT2D eigenvalue weighted by molar-refractivity contribution is 5.94. The van der Waals surface area contributed by atoms with Gasteiger partial charge < -0.3 is 15.4 Å². The number of hydrogen-bond donors (Lipinski definition) is 3. The average molecular weight is 337 g/mol. The Morgan fingerprint density at radius 2 is 2.26 bits per heavy atom. The van der Waals surface area contributed by atoms with Crippen LogP contribution < -0.4 is 15.4 Å². The highest BCUT2D eigenvalue weighted by Gasteiger charge is 2.21. The summed E-state index contributed by atoms with van der Waals surface area (Å²) in [4.78, 5) is 12.3. The van der Waals surface area contributed by atoms with Crippen LogP contribution in [0.2, 0.25) is 0 Å². The number of rotatable bonds is 4. The minimum absolute atomic E-state index is 0. The summed E-state index contributed by atoms with van der Waals surface area (Å²) in [6.07, 6.45) is 0.880. The van der Waals surface area contributed by atoms with Gasteiger partial charge in [0.15, 0.2) is 5.69 Å². The highest BCUT2D eigenvalue weighted by Crippen LogP contribution is 2.19. The van der Waals surface area contributed by atoms with Crippen molar-refractivity contribution in [3.8, 4) is 5.75 Å². The first kappa shape index (κ1) is 17.3. The summed E-state index contributed by atoms with van der Waals surface area (Å²) in [5.41, 5.74) is 4.59. The largest absolute Gasteiger partial charge is 0.496 e. The first-order valence-electron chi connectivity index (χ1n) is 7.37.